The van der Waals surface area contributed by atoms with Gasteiger partial charge in [-0.15, -0.1) is 0 Å². The first-order valence-corrected chi connectivity index (χ1v) is 7.00. The molecule has 0 spiro atoms. The Kier molecular flexibility index (Phi) is 4.26. The highest BCUT2D eigenvalue weighted by molar-refractivity contribution is 5.91. The molecule has 0 unspecified atom stereocenters. The van der Waals surface area contributed by atoms with Crippen LogP contribution in [0.4, 0.5) is 0 Å². The van der Waals surface area contributed by atoms with Crippen molar-refractivity contribution in [2.75, 3.05) is 0 Å². The van der Waals surface area contributed by atoms with E-state index in [1.54, 1.807) is 4.68 Å². The third-order valence-electron chi connectivity index (χ3n) is 3.38. The molecule has 0 aliphatic carbocycles. The zero-order valence-electron chi connectivity index (χ0n) is 12.8. The highest BCUT2D eigenvalue weighted by Crippen LogP contribution is 2.24. The number of carbonyl (C=O) groups is 1. The molecule has 2 rings (SSSR count). The first kappa shape index (κ1) is 15.0. The Morgan fingerprint density at radius 1 is 1.38 bits per heavy atom. The van der Waals surface area contributed by atoms with E-state index >= 15 is 0 Å². The van der Waals surface area contributed by atoms with Gasteiger partial charge in [0.15, 0.2) is 0 Å². The Morgan fingerprint density at radius 3 is 2.67 bits per heavy atom. The molecule has 0 atom stereocenters. The van der Waals surface area contributed by atoms with E-state index in [-0.39, 0.29) is 5.56 Å². The number of carboxylic acid groups (broad SMARTS) is 1. The van der Waals surface area contributed by atoms with E-state index in [9.17, 15) is 9.90 Å². The summed E-state index contributed by atoms with van der Waals surface area (Å²) in [6.45, 7) is 7.99. The summed E-state index contributed by atoms with van der Waals surface area (Å²) >= 11 is 0. The smallest absolute Gasteiger partial charge is 0.339 e. The summed E-state index contributed by atoms with van der Waals surface area (Å²) in [6.07, 6.45) is 4.15. The van der Waals surface area contributed by atoms with E-state index in [1.807, 2.05) is 39.0 Å². The van der Waals surface area contributed by atoms with E-state index in [0.717, 1.165) is 28.8 Å². The van der Waals surface area contributed by atoms with Gasteiger partial charge >= 0.3 is 5.97 Å². The topological polar surface area (TPSA) is 55.1 Å². The number of carboxylic acids is 1. The van der Waals surface area contributed by atoms with E-state index < -0.39 is 5.97 Å². The van der Waals surface area contributed by atoms with Gasteiger partial charge in [0, 0.05) is 0 Å². The van der Waals surface area contributed by atoms with Crippen LogP contribution in [0.2, 0.25) is 0 Å². The molecule has 1 aromatic carbocycles. The maximum atomic E-state index is 11.4. The molecule has 0 aliphatic heterocycles. The molecule has 4 nitrogen and oxygen atoms in total. The number of benzene rings is 1. The Labute approximate surface area is 124 Å². The maximum Gasteiger partial charge on any atom is 0.339 e. The third-order valence-corrected chi connectivity index (χ3v) is 3.38. The fourth-order valence-corrected chi connectivity index (χ4v) is 2.42. The van der Waals surface area contributed by atoms with E-state index in [1.165, 1.54) is 6.20 Å². The van der Waals surface area contributed by atoms with Crippen LogP contribution >= 0.6 is 0 Å². The Hall–Kier alpha value is -2.36. The van der Waals surface area contributed by atoms with Crippen molar-refractivity contribution in [3.05, 3.63) is 52.4 Å². The summed E-state index contributed by atoms with van der Waals surface area (Å²) in [4.78, 5) is 11.4. The fourth-order valence-electron chi connectivity index (χ4n) is 2.42. The highest BCUT2D eigenvalue weighted by Gasteiger charge is 2.18. The molecule has 0 bridgehead atoms. The molecule has 0 saturated carbocycles. The minimum atomic E-state index is -0.958. The molecule has 4 heteroatoms. The Morgan fingerprint density at radius 2 is 2.10 bits per heavy atom. The molecular formula is C17H20N2O2. The lowest BCUT2D eigenvalue weighted by Gasteiger charge is -2.13. The summed E-state index contributed by atoms with van der Waals surface area (Å²) in [5.41, 5.74) is 5.08. The summed E-state index contributed by atoms with van der Waals surface area (Å²) in [7, 11) is 0. The molecule has 0 saturated heterocycles. The molecule has 21 heavy (non-hydrogen) atoms. The van der Waals surface area contributed by atoms with E-state index in [0.29, 0.717) is 5.69 Å². The van der Waals surface area contributed by atoms with Crippen LogP contribution in [0.15, 0.2) is 30.0 Å². The summed E-state index contributed by atoms with van der Waals surface area (Å²) in [5, 5.41) is 13.7. The number of hydrogen-bond acceptors (Lipinski definition) is 2. The monoisotopic (exact) mass is 284 g/mol. The van der Waals surface area contributed by atoms with Gasteiger partial charge < -0.3 is 5.11 Å². The molecule has 0 aliphatic rings. The average Bonchev–Trinajstić information content (AvgIpc) is 2.81. The normalized spacial score (nSPS) is 10.5. The van der Waals surface area contributed by atoms with Gasteiger partial charge in [-0.2, -0.15) is 5.10 Å². The quantitative estimate of drug-likeness (QED) is 0.927. The van der Waals surface area contributed by atoms with Crippen LogP contribution in [0, 0.1) is 6.92 Å². The number of aromatic nitrogens is 2. The van der Waals surface area contributed by atoms with Gasteiger partial charge in [-0.3, -0.25) is 0 Å². The lowest BCUT2D eigenvalue weighted by atomic mass is 10.1. The van der Waals surface area contributed by atoms with Gasteiger partial charge in [-0.25, -0.2) is 9.48 Å². The molecule has 0 radical (unpaired) electrons. The van der Waals surface area contributed by atoms with Crippen molar-refractivity contribution in [1.82, 2.24) is 9.78 Å². The number of para-hydroxylation sites is 1. The Balaban J connectivity index is 2.76. The molecule has 1 aromatic heterocycles. The van der Waals surface area contributed by atoms with Crippen LogP contribution < -0.4 is 0 Å². The Bertz CT molecular complexity index is 708. The fraction of sp³-hybridized carbons (Fsp3) is 0.294. The first-order valence-electron chi connectivity index (χ1n) is 7.00. The number of hydrogen-bond donors (Lipinski definition) is 1. The number of aromatic carboxylic acids is 1. The molecule has 110 valence electrons. The molecule has 2 aromatic rings. The van der Waals surface area contributed by atoms with Crippen LogP contribution in [-0.2, 0) is 6.42 Å². The van der Waals surface area contributed by atoms with Crippen molar-refractivity contribution in [2.45, 2.75) is 34.1 Å². The first-order chi connectivity index (χ1) is 9.95. The zero-order valence-corrected chi connectivity index (χ0v) is 12.8. The lowest BCUT2D eigenvalue weighted by Crippen LogP contribution is -2.07. The second-order valence-corrected chi connectivity index (χ2v) is 5.32. The number of aryl methyl sites for hydroxylation is 2. The van der Waals surface area contributed by atoms with Crippen LogP contribution in [-0.4, -0.2) is 20.9 Å². The van der Waals surface area contributed by atoms with E-state index in [4.69, 9.17) is 0 Å². The van der Waals surface area contributed by atoms with Crippen molar-refractivity contribution >= 4 is 12.0 Å². The standard InChI is InChI=1S/C17H20N2O2/c1-5-13-8-6-7-12(4)16(13)19-15(9-11(2)3)14(10-18-19)17(20)21/h6-10H,5H2,1-4H3,(H,20,21). The van der Waals surface area contributed by atoms with Crippen LogP contribution in [0.3, 0.4) is 0 Å². The maximum absolute atomic E-state index is 11.4. The predicted octanol–water partition coefficient (Wildman–Crippen LogP) is 3.86. The van der Waals surface area contributed by atoms with Gasteiger partial charge in [0.2, 0.25) is 0 Å². The minimum Gasteiger partial charge on any atom is -0.478 e. The molecule has 0 amide bonds. The average molecular weight is 284 g/mol. The van der Waals surface area contributed by atoms with Gasteiger partial charge in [0.05, 0.1) is 17.6 Å². The van der Waals surface area contributed by atoms with Crippen LogP contribution in [0.5, 0.6) is 0 Å². The van der Waals surface area contributed by atoms with Gasteiger partial charge in [0.1, 0.15) is 5.56 Å². The summed E-state index contributed by atoms with van der Waals surface area (Å²) in [6, 6.07) is 6.08. The lowest BCUT2D eigenvalue weighted by molar-refractivity contribution is 0.0696. The van der Waals surface area contributed by atoms with Crippen LogP contribution in [0.1, 0.15) is 48.0 Å². The zero-order chi connectivity index (χ0) is 15.6. The van der Waals surface area contributed by atoms with E-state index in [2.05, 4.69) is 18.1 Å². The molecule has 1 heterocycles. The second-order valence-electron chi connectivity index (χ2n) is 5.32. The minimum absolute atomic E-state index is 0.224. The molecular weight excluding hydrogens is 264 g/mol. The third kappa shape index (κ3) is 2.89. The van der Waals surface area contributed by atoms with Crippen LogP contribution in [0.25, 0.3) is 11.8 Å². The number of rotatable bonds is 4. The van der Waals surface area contributed by atoms with Crippen molar-refractivity contribution in [1.29, 1.82) is 0 Å². The van der Waals surface area contributed by atoms with Gasteiger partial charge in [0.25, 0.3) is 0 Å². The van der Waals surface area contributed by atoms with Crippen molar-refractivity contribution < 1.29 is 9.90 Å². The summed E-state index contributed by atoms with van der Waals surface area (Å²) in [5.74, 6) is -0.958. The second kappa shape index (κ2) is 5.95. The highest BCUT2D eigenvalue weighted by atomic mass is 16.4. The van der Waals surface area contributed by atoms with Gasteiger partial charge in [-0.05, 0) is 44.4 Å². The predicted molar refractivity (Wildman–Crippen MR) is 84.0 cm³/mol. The summed E-state index contributed by atoms with van der Waals surface area (Å²) < 4.78 is 1.74. The number of allylic oxidation sites excluding steroid dienone is 1. The van der Waals surface area contributed by atoms with Crippen molar-refractivity contribution in [3.63, 3.8) is 0 Å². The van der Waals surface area contributed by atoms with Crippen molar-refractivity contribution in [2.24, 2.45) is 0 Å². The SMILES string of the molecule is CCc1cccc(C)c1-n1ncc(C(=O)O)c1C=C(C)C. The molecule has 1 N–H and O–H groups in total. The van der Waals surface area contributed by atoms with Crippen molar-refractivity contribution in [3.8, 4) is 5.69 Å². The largest absolute Gasteiger partial charge is 0.478 e. The number of nitrogens with zero attached hydrogens (tertiary/aromatic N) is 2. The molecule has 0 fully saturated rings. The van der Waals surface area contributed by atoms with Gasteiger partial charge in [-0.1, -0.05) is 30.7 Å².